The third-order valence-corrected chi connectivity index (χ3v) is 10.6. The van der Waals surface area contributed by atoms with Crippen LogP contribution in [0.15, 0.2) is 24.8 Å². The van der Waals surface area contributed by atoms with Crippen LogP contribution in [0.5, 0.6) is 0 Å². The van der Waals surface area contributed by atoms with Crippen molar-refractivity contribution in [3.63, 3.8) is 0 Å². The average molecular weight is 1110 g/mol. The molecule has 0 saturated carbocycles. The molecule has 0 spiro atoms. The summed E-state index contributed by atoms with van der Waals surface area (Å²) in [4.78, 5) is 61.9. The SMILES string of the molecule is O=C(O)COCCOCCOCC(=O)NC(COCCC(=O)NCCOC[C@H]1OC[C@H](Nc2cncc(C(F)(F)F)n2)[C@@H](O)[C@H]1O)COCCC(=O)NCCOC[C@H]1OC[C@H](Nc2cncc(C(F)(F)F)n2)[C@@H](O)[C@H]1O. The summed E-state index contributed by atoms with van der Waals surface area (Å²) in [7, 11) is 0. The van der Waals surface area contributed by atoms with E-state index in [1.807, 2.05) is 0 Å². The van der Waals surface area contributed by atoms with E-state index in [9.17, 15) is 65.9 Å². The normalized spacial score (nSPS) is 22.0. The third-order valence-electron chi connectivity index (χ3n) is 10.6. The highest BCUT2D eigenvalue weighted by Gasteiger charge is 2.41. The number of aromatic nitrogens is 4. The zero-order chi connectivity index (χ0) is 55.5. The Bertz CT molecular complexity index is 1940. The van der Waals surface area contributed by atoms with Crippen molar-refractivity contribution < 1.29 is 114 Å². The Morgan fingerprint density at radius 1 is 0.566 bits per heavy atom. The number of hydrogen-bond acceptors (Lipinski definition) is 23. The molecule has 2 aliphatic heterocycles. The number of rotatable bonds is 35. The van der Waals surface area contributed by atoms with Crippen LogP contribution >= 0.6 is 0 Å². The monoisotopic (exact) mass is 1110 g/mol. The summed E-state index contributed by atoms with van der Waals surface area (Å²) in [6.07, 6.45) is -14.4. The smallest absolute Gasteiger partial charge is 0.434 e. The quantitative estimate of drug-likeness (QED) is 0.0252. The van der Waals surface area contributed by atoms with Crippen LogP contribution < -0.4 is 26.6 Å². The topological polar surface area (TPSA) is 364 Å². The molecule has 2 aliphatic rings. The molecular weight excluding hydrogens is 1040 g/mol. The van der Waals surface area contributed by atoms with Crippen molar-refractivity contribution in [2.45, 2.75) is 79.9 Å². The van der Waals surface area contributed by atoms with Crippen molar-refractivity contribution in [1.82, 2.24) is 35.9 Å². The maximum Gasteiger partial charge on any atom is 0.434 e. The minimum absolute atomic E-state index is 0.0205. The lowest BCUT2D eigenvalue weighted by Crippen LogP contribution is -2.57. The van der Waals surface area contributed by atoms with Crippen LogP contribution in [0.1, 0.15) is 24.2 Å². The minimum Gasteiger partial charge on any atom is -0.480 e. The molecule has 0 unspecified atom stereocenters. The standard InChI is InChI=1S/C43H63F6N9O18/c44-42(45,46)30-13-50-15-32(57-30)55-26-19-75-28(40(66)38(26)64)21-71-7-3-52-34(59)1-5-69-17-25(54-36(61)23-73-11-9-68-10-12-74-24-37(62)63)18-70-6-2-35(60)53-4-8-72-22-29-41(67)39(65)27(20-76-29)56-33-16-51-14-31(58-33)43(47,48)49/h13-16,25-29,38-41,64-67H,1-12,17-24H2,(H,52,59)(H,53,60)(H,54,61)(H,55,57)(H,56,58)(H,62,63)/t26-,27-,28+,29+,38+,39+,40-,41-/m0/s1. The number of hydrogen-bond donors (Lipinski definition) is 10. The highest BCUT2D eigenvalue weighted by atomic mass is 19.4. The van der Waals surface area contributed by atoms with E-state index in [1.54, 1.807) is 0 Å². The number of aliphatic hydroxyl groups is 4. The van der Waals surface area contributed by atoms with E-state index in [4.69, 9.17) is 47.7 Å². The molecule has 0 bridgehead atoms. The summed E-state index contributed by atoms with van der Waals surface area (Å²) in [5, 5.41) is 63.8. The van der Waals surface area contributed by atoms with Crippen LogP contribution in [0, 0.1) is 0 Å². The first kappa shape index (κ1) is 63.2. The number of amides is 3. The maximum absolute atomic E-state index is 13.0. The summed E-state index contributed by atoms with van der Waals surface area (Å²) in [5.74, 6) is -3.08. The minimum atomic E-state index is -4.74. The van der Waals surface area contributed by atoms with Gasteiger partial charge in [0.05, 0.1) is 135 Å². The number of aliphatic carboxylic acids is 1. The number of carbonyl (C=O) groups excluding carboxylic acids is 3. The molecule has 3 amide bonds. The largest absolute Gasteiger partial charge is 0.480 e. The van der Waals surface area contributed by atoms with Gasteiger partial charge in [-0.1, -0.05) is 0 Å². The molecule has 0 radical (unpaired) electrons. The molecule has 10 N–H and O–H groups in total. The van der Waals surface area contributed by atoms with E-state index in [0.717, 1.165) is 12.4 Å². The van der Waals surface area contributed by atoms with E-state index >= 15 is 0 Å². The van der Waals surface area contributed by atoms with Crippen LogP contribution in [-0.2, 0) is 74.2 Å². The number of carbonyl (C=O) groups is 4. The number of halogens is 6. The lowest BCUT2D eigenvalue weighted by Gasteiger charge is -2.38. The van der Waals surface area contributed by atoms with Gasteiger partial charge in [-0.05, 0) is 0 Å². The van der Waals surface area contributed by atoms with E-state index in [0.29, 0.717) is 12.4 Å². The number of ether oxygens (including phenoxy) is 9. The summed E-state index contributed by atoms with van der Waals surface area (Å²) < 4.78 is 127. The number of carboxylic acids is 1. The predicted octanol–water partition coefficient (Wildman–Crippen LogP) is -2.50. The first-order valence-corrected chi connectivity index (χ1v) is 23.6. The lowest BCUT2D eigenvalue weighted by molar-refractivity contribution is -0.159. The number of aliphatic hydroxyl groups excluding tert-OH is 4. The van der Waals surface area contributed by atoms with Gasteiger partial charge in [0.25, 0.3) is 0 Å². The number of carboxylic acid groups (broad SMARTS) is 1. The summed E-state index contributed by atoms with van der Waals surface area (Å²) in [6.45, 7) is -1.77. The molecular formula is C43H63F6N9O18. The second-order valence-corrected chi connectivity index (χ2v) is 16.7. The van der Waals surface area contributed by atoms with E-state index in [2.05, 4.69) is 46.5 Å². The first-order valence-electron chi connectivity index (χ1n) is 23.6. The summed E-state index contributed by atoms with van der Waals surface area (Å²) in [6, 6.07) is -2.79. The number of anilines is 2. The van der Waals surface area contributed by atoms with Gasteiger partial charge in [0.2, 0.25) is 17.7 Å². The second-order valence-electron chi connectivity index (χ2n) is 16.7. The van der Waals surface area contributed by atoms with Crippen molar-refractivity contribution in [1.29, 1.82) is 0 Å². The average Bonchev–Trinajstić information content (AvgIpc) is 3.37. The van der Waals surface area contributed by atoms with Gasteiger partial charge < -0.3 is 94.7 Å². The Hall–Kier alpha value is -5.30. The van der Waals surface area contributed by atoms with Gasteiger partial charge in [-0.15, -0.1) is 0 Å². The van der Waals surface area contributed by atoms with Crippen molar-refractivity contribution in [3.05, 3.63) is 36.2 Å². The van der Waals surface area contributed by atoms with Crippen LogP contribution in [0.3, 0.4) is 0 Å². The van der Waals surface area contributed by atoms with Gasteiger partial charge in [0, 0.05) is 25.9 Å². The van der Waals surface area contributed by atoms with Gasteiger partial charge in [-0.2, -0.15) is 26.3 Å². The summed E-state index contributed by atoms with van der Waals surface area (Å²) in [5.41, 5.74) is -2.49. The third kappa shape index (κ3) is 23.9. The molecule has 76 heavy (non-hydrogen) atoms. The molecule has 0 aromatic carbocycles. The van der Waals surface area contributed by atoms with Crippen molar-refractivity contribution in [2.24, 2.45) is 0 Å². The number of nitrogens with one attached hydrogen (secondary N) is 5. The first-order chi connectivity index (χ1) is 36.2. The molecule has 4 rings (SSSR count). The Balaban J connectivity index is 1.09. The molecule has 2 fully saturated rings. The second kappa shape index (κ2) is 33.1. The fourth-order valence-electron chi connectivity index (χ4n) is 6.78. The fourth-order valence-corrected chi connectivity index (χ4v) is 6.78. The number of alkyl halides is 6. The van der Waals surface area contributed by atoms with Crippen LogP contribution in [0.25, 0.3) is 0 Å². The van der Waals surface area contributed by atoms with Crippen molar-refractivity contribution in [2.75, 3.05) is 129 Å². The molecule has 2 aromatic rings. The molecule has 430 valence electrons. The molecule has 0 aliphatic carbocycles. The highest BCUT2D eigenvalue weighted by molar-refractivity contribution is 5.77. The molecule has 27 nitrogen and oxygen atoms in total. The van der Waals surface area contributed by atoms with Gasteiger partial charge in [-0.3, -0.25) is 24.4 Å². The van der Waals surface area contributed by atoms with Crippen LogP contribution in [-0.4, -0.2) is 243 Å². The molecule has 2 aromatic heterocycles. The molecule has 4 heterocycles. The number of nitrogens with zero attached hydrogens (tertiary/aromatic N) is 4. The zero-order valence-electron chi connectivity index (χ0n) is 40.7. The fraction of sp³-hybridized carbons (Fsp3) is 0.721. The van der Waals surface area contributed by atoms with Crippen molar-refractivity contribution in [3.8, 4) is 0 Å². The van der Waals surface area contributed by atoms with Crippen LogP contribution in [0.4, 0.5) is 38.0 Å². The van der Waals surface area contributed by atoms with E-state index in [1.165, 1.54) is 0 Å². The maximum atomic E-state index is 13.0. The highest BCUT2D eigenvalue weighted by Crippen LogP contribution is 2.29. The summed E-state index contributed by atoms with van der Waals surface area (Å²) >= 11 is 0. The van der Waals surface area contributed by atoms with Gasteiger partial charge in [0.15, 0.2) is 11.4 Å². The zero-order valence-corrected chi connectivity index (χ0v) is 40.7. The molecule has 33 heteroatoms. The Morgan fingerprint density at radius 2 is 1.00 bits per heavy atom. The van der Waals surface area contributed by atoms with Crippen LogP contribution in [0.2, 0.25) is 0 Å². The van der Waals surface area contributed by atoms with Gasteiger partial charge >= 0.3 is 18.3 Å². The van der Waals surface area contributed by atoms with Crippen molar-refractivity contribution >= 4 is 35.3 Å². The Labute approximate surface area is 430 Å². The van der Waals surface area contributed by atoms with Gasteiger partial charge in [0.1, 0.15) is 61.5 Å². The van der Waals surface area contributed by atoms with Gasteiger partial charge in [-0.25, -0.2) is 14.8 Å². The Kier molecular flexibility index (Phi) is 27.5. The van der Waals surface area contributed by atoms with E-state index in [-0.39, 0.29) is 137 Å². The molecule has 2 saturated heterocycles. The molecule has 8 atom stereocenters. The predicted molar refractivity (Wildman–Crippen MR) is 243 cm³/mol. The Morgan fingerprint density at radius 3 is 1.43 bits per heavy atom. The lowest BCUT2D eigenvalue weighted by atomic mass is 9.98. The van der Waals surface area contributed by atoms with E-state index < -0.39 is 109 Å².